The number of imidazole rings is 1. The van der Waals surface area contributed by atoms with Gasteiger partial charge in [0, 0.05) is 24.7 Å². The standard InChI is InChI=1S/C15H21N5O8/c16-8(3-7-5-17-6-18-7)13(25)19-9(1-2-11(21)22)14(26)20-10(15(27)28)4-12(23)24/h5-6,8-10H,1-4,16H2,(H,17,18)(H,19,25)(H,20,26)(H,21,22)(H,23,24)(H,27,28). The van der Waals surface area contributed by atoms with Crippen LogP contribution < -0.4 is 16.4 Å². The van der Waals surface area contributed by atoms with Gasteiger partial charge in [-0.2, -0.15) is 0 Å². The average molecular weight is 399 g/mol. The molecule has 154 valence electrons. The number of H-pyrrole nitrogens is 1. The lowest BCUT2D eigenvalue weighted by Gasteiger charge is -2.22. The highest BCUT2D eigenvalue weighted by atomic mass is 16.4. The smallest absolute Gasteiger partial charge is 0.326 e. The van der Waals surface area contributed by atoms with Gasteiger partial charge in [-0.25, -0.2) is 9.78 Å². The number of hydrogen-bond donors (Lipinski definition) is 7. The van der Waals surface area contributed by atoms with Crippen LogP contribution in [0.1, 0.15) is 25.0 Å². The number of aromatic nitrogens is 2. The van der Waals surface area contributed by atoms with Crippen LogP contribution in [0.2, 0.25) is 0 Å². The van der Waals surface area contributed by atoms with Crippen LogP contribution in [0.15, 0.2) is 12.5 Å². The topological polar surface area (TPSA) is 225 Å². The van der Waals surface area contributed by atoms with Crippen molar-refractivity contribution >= 4 is 29.7 Å². The Morgan fingerprint density at radius 3 is 2.18 bits per heavy atom. The number of carbonyl (C=O) groups excluding carboxylic acids is 2. The van der Waals surface area contributed by atoms with Gasteiger partial charge in [-0.15, -0.1) is 0 Å². The average Bonchev–Trinajstić information content (AvgIpc) is 3.09. The highest BCUT2D eigenvalue weighted by Crippen LogP contribution is 2.03. The van der Waals surface area contributed by atoms with Crippen LogP contribution in [-0.4, -0.2) is 73.1 Å². The van der Waals surface area contributed by atoms with Gasteiger partial charge >= 0.3 is 17.9 Å². The summed E-state index contributed by atoms with van der Waals surface area (Å²) in [7, 11) is 0. The van der Waals surface area contributed by atoms with E-state index >= 15 is 0 Å². The molecule has 1 rings (SSSR count). The van der Waals surface area contributed by atoms with Crippen molar-refractivity contribution in [1.29, 1.82) is 0 Å². The molecule has 0 saturated carbocycles. The predicted molar refractivity (Wildman–Crippen MR) is 90.9 cm³/mol. The third kappa shape index (κ3) is 7.82. The summed E-state index contributed by atoms with van der Waals surface area (Å²) in [6.45, 7) is 0. The number of aromatic amines is 1. The Bertz CT molecular complexity index is 720. The maximum atomic E-state index is 12.3. The van der Waals surface area contributed by atoms with Gasteiger partial charge in [0.2, 0.25) is 11.8 Å². The second-order valence-electron chi connectivity index (χ2n) is 5.88. The molecule has 1 aromatic heterocycles. The van der Waals surface area contributed by atoms with Crippen LogP contribution in [0.3, 0.4) is 0 Å². The largest absolute Gasteiger partial charge is 0.481 e. The van der Waals surface area contributed by atoms with E-state index in [4.69, 9.17) is 21.1 Å². The lowest BCUT2D eigenvalue weighted by Crippen LogP contribution is -2.55. The van der Waals surface area contributed by atoms with Crippen LogP contribution in [0.5, 0.6) is 0 Å². The molecule has 1 heterocycles. The number of carbonyl (C=O) groups is 5. The zero-order valence-corrected chi connectivity index (χ0v) is 14.6. The summed E-state index contributed by atoms with van der Waals surface area (Å²) in [6, 6.07) is -4.24. The number of amides is 2. The molecule has 0 aromatic carbocycles. The number of nitrogens with two attached hydrogens (primary N) is 1. The zero-order valence-electron chi connectivity index (χ0n) is 14.6. The van der Waals surface area contributed by atoms with E-state index in [0.717, 1.165) is 0 Å². The molecule has 0 bridgehead atoms. The van der Waals surface area contributed by atoms with E-state index in [-0.39, 0.29) is 12.8 Å². The fourth-order valence-corrected chi connectivity index (χ4v) is 2.19. The fourth-order valence-electron chi connectivity index (χ4n) is 2.19. The van der Waals surface area contributed by atoms with Gasteiger partial charge in [0.1, 0.15) is 12.1 Å². The van der Waals surface area contributed by atoms with Crippen LogP contribution >= 0.6 is 0 Å². The minimum atomic E-state index is -1.74. The molecular weight excluding hydrogens is 378 g/mol. The lowest BCUT2D eigenvalue weighted by molar-refractivity contribution is -0.147. The molecule has 3 atom stereocenters. The molecule has 0 radical (unpaired) electrons. The van der Waals surface area contributed by atoms with Crippen molar-refractivity contribution in [2.24, 2.45) is 5.73 Å². The molecule has 0 aliphatic heterocycles. The van der Waals surface area contributed by atoms with Crippen LogP contribution in [0.25, 0.3) is 0 Å². The van der Waals surface area contributed by atoms with Crippen LogP contribution in [0, 0.1) is 0 Å². The fraction of sp³-hybridized carbons (Fsp3) is 0.467. The number of nitrogens with zero attached hydrogens (tertiary/aromatic N) is 1. The van der Waals surface area contributed by atoms with Gasteiger partial charge in [-0.1, -0.05) is 0 Å². The molecule has 0 saturated heterocycles. The van der Waals surface area contributed by atoms with E-state index in [0.29, 0.717) is 5.69 Å². The summed E-state index contributed by atoms with van der Waals surface area (Å²) < 4.78 is 0. The molecule has 0 aliphatic carbocycles. The summed E-state index contributed by atoms with van der Waals surface area (Å²) >= 11 is 0. The summed E-state index contributed by atoms with van der Waals surface area (Å²) in [5, 5.41) is 30.8. The Labute approximate surface area is 158 Å². The van der Waals surface area contributed by atoms with E-state index in [1.54, 1.807) is 0 Å². The van der Waals surface area contributed by atoms with Gasteiger partial charge in [0.05, 0.1) is 18.8 Å². The van der Waals surface area contributed by atoms with Crippen molar-refractivity contribution in [2.75, 3.05) is 0 Å². The van der Waals surface area contributed by atoms with E-state index < -0.39 is 60.7 Å². The second kappa shape index (κ2) is 10.6. The number of hydrogen-bond acceptors (Lipinski definition) is 7. The van der Waals surface area contributed by atoms with Gasteiger partial charge < -0.3 is 36.7 Å². The molecule has 0 aliphatic rings. The monoisotopic (exact) mass is 399 g/mol. The Morgan fingerprint density at radius 2 is 1.68 bits per heavy atom. The first-order valence-electron chi connectivity index (χ1n) is 8.10. The maximum Gasteiger partial charge on any atom is 0.326 e. The SMILES string of the molecule is NC(Cc1cnc[nH]1)C(=O)NC(CCC(=O)O)C(=O)NC(CC(=O)O)C(=O)O. The number of rotatable bonds is 12. The lowest BCUT2D eigenvalue weighted by atomic mass is 10.1. The molecule has 28 heavy (non-hydrogen) atoms. The molecule has 3 unspecified atom stereocenters. The van der Waals surface area contributed by atoms with E-state index in [1.165, 1.54) is 12.5 Å². The number of nitrogens with one attached hydrogen (secondary N) is 3. The predicted octanol–water partition coefficient (Wildman–Crippen LogP) is -2.33. The number of aliphatic carboxylic acids is 3. The number of carboxylic acids is 3. The summed E-state index contributed by atoms with van der Waals surface area (Å²) in [5.41, 5.74) is 6.31. The second-order valence-corrected chi connectivity index (χ2v) is 5.88. The Morgan fingerprint density at radius 1 is 1.04 bits per heavy atom. The van der Waals surface area contributed by atoms with E-state index in [9.17, 15) is 24.0 Å². The molecule has 8 N–H and O–H groups in total. The van der Waals surface area contributed by atoms with Crippen molar-refractivity contribution in [3.05, 3.63) is 18.2 Å². The van der Waals surface area contributed by atoms with Crippen LogP contribution in [-0.2, 0) is 30.4 Å². The minimum absolute atomic E-state index is 0.0653. The Balaban J connectivity index is 2.80. The highest BCUT2D eigenvalue weighted by molar-refractivity contribution is 5.93. The quantitative estimate of drug-likeness (QED) is 0.198. The molecular formula is C15H21N5O8. The first-order chi connectivity index (χ1) is 13.1. The molecule has 13 heteroatoms. The third-order valence-corrected chi connectivity index (χ3v) is 3.60. The zero-order chi connectivity index (χ0) is 21.3. The molecule has 2 amide bonds. The summed E-state index contributed by atoms with van der Waals surface area (Å²) in [5.74, 6) is -6.09. The van der Waals surface area contributed by atoms with Gasteiger partial charge in [-0.3, -0.25) is 19.2 Å². The van der Waals surface area contributed by atoms with Gasteiger partial charge in [0.15, 0.2) is 0 Å². The Kier molecular flexibility index (Phi) is 8.55. The first kappa shape index (κ1) is 22.6. The van der Waals surface area contributed by atoms with Crippen molar-refractivity contribution < 1.29 is 39.3 Å². The van der Waals surface area contributed by atoms with E-state index in [1.807, 2.05) is 5.32 Å². The van der Waals surface area contributed by atoms with E-state index in [2.05, 4.69) is 15.3 Å². The summed E-state index contributed by atoms with van der Waals surface area (Å²) in [4.78, 5) is 63.6. The molecule has 0 spiro atoms. The summed E-state index contributed by atoms with van der Waals surface area (Å²) in [6.07, 6.45) is 1.17. The third-order valence-electron chi connectivity index (χ3n) is 3.60. The van der Waals surface area contributed by atoms with Crippen molar-refractivity contribution in [3.8, 4) is 0 Å². The van der Waals surface area contributed by atoms with Gasteiger partial charge in [0.25, 0.3) is 0 Å². The first-order valence-corrected chi connectivity index (χ1v) is 8.10. The van der Waals surface area contributed by atoms with Crippen molar-refractivity contribution in [3.63, 3.8) is 0 Å². The van der Waals surface area contributed by atoms with Crippen molar-refractivity contribution in [1.82, 2.24) is 20.6 Å². The Hall–Kier alpha value is -3.48. The minimum Gasteiger partial charge on any atom is -0.481 e. The molecule has 0 fully saturated rings. The van der Waals surface area contributed by atoms with Crippen LogP contribution in [0.4, 0.5) is 0 Å². The molecule has 13 nitrogen and oxygen atoms in total. The molecule has 1 aromatic rings. The normalized spacial score (nSPS) is 13.8. The maximum absolute atomic E-state index is 12.3. The van der Waals surface area contributed by atoms with Crippen molar-refractivity contribution in [2.45, 2.75) is 43.8 Å². The highest BCUT2D eigenvalue weighted by Gasteiger charge is 2.29. The van der Waals surface area contributed by atoms with Gasteiger partial charge in [-0.05, 0) is 6.42 Å². The number of carboxylic acid groups (broad SMARTS) is 3.